The van der Waals surface area contributed by atoms with Gasteiger partial charge in [0, 0.05) is 18.8 Å². The van der Waals surface area contributed by atoms with Crippen LogP contribution in [0.4, 0.5) is 17.6 Å². The number of imidazole rings is 1. The second-order valence-electron chi connectivity index (χ2n) is 7.55. The molecule has 1 unspecified atom stereocenters. The minimum absolute atomic E-state index is 0.0666. The van der Waals surface area contributed by atoms with Crippen molar-refractivity contribution in [1.29, 1.82) is 0 Å². The Balaban J connectivity index is 1.98. The lowest BCUT2D eigenvalue weighted by molar-refractivity contribution is -0.141. The number of nitrogens with zero attached hydrogens (tertiary/aromatic N) is 4. The Labute approximate surface area is 172 Å². The summed E-state index contributed by atoms with van der Waals surface area (Å²) < 4.78 is 55.7. The van der Waals surface area contributed by atoms with Gasteiger partial charge in [0.25, 0.3) is 0 Å². The van der Waals surface area contributed by atoms with Crippen molar-refractivity contribution >= 4 is 0 Å². The second kappa shape index (κ2) is 8.59. The predicted octanol–water partition coefficient (Wildman–Crippen LogP) is 4.82. The molecule has 1 aromatic carbocycles. The zero-order valence-electron chi connectivity index (χ0n) is 17.0. The normalized spacial score (nSPS) is 13.2. The van der Waals surface area contributed by atoms with Gasteiger partial charge < -0.3 is 9.67 Å². The molecule has 0 aliphatic heterocycles. The number of benzene rings is 1. The van der Waals surface area contributed by atoms with Crippen molar-refractivity contribution in [3.63, 3.8) is 0 Å². The van der Waals surface area contributed by atoms with Gasteiger partial charge in [-0.3, -0.25) is 0 Å². The first kappa shape index (κ1) is 22.0. The summed E-state index contributed by atoms with van der Waals surface area (Å²) in [5, 5.41) is 13.9. The van der Waals surface area contributed by atoms with Crippen molar-refractivity contribution in [2.24, 2.45) is 0 Å². The fourth-order valence-corrected chi connectivity index (χ4v) is 3.69. The van der Waals surface area contributed by atoms with Crippen molar-refractivity contribution in [2.75, 3.05) is 6.61 Å². The number of aromatic nitrogens is 4. The van der Waals surface area contributed by atoms with Crippen LogP contribution in [0.15, 0.2) is 36.7 Å². The average Bonchev–Trinajstić information content (AvgIpc) is 3.25. The molecule has 0 fully saturated rings. The van der Waals surface area contributed by atoms with E-state index in [1.807, 2.05) is 13.8 Å². The van der Waals surface area contributed by atoms with Crippen LogP contribution in [0.3, 0.4) is 0 Å². The number of aliphatic hydroxyl groups excluding tert-OH is 1. The predicted molar refractivity (Wildman–Crippen MR) is 104 cm³/mol. The number of alkyl halides is 3. The van der Waals surface area contributed by atoms with Gasteiger partial charge >= 0.3 is 6.18 Å². The van der Waals surface area contributed by atoms with Gasteiger partial charge in [-0.2, -0.15) is 18.3 Å². The summed E-state index contributed by atoms with van der Waals surface area (Å²) in [5.74, 6) is -0.0500. The highest BCUT2D eigenvalue weighted by atomic mass is 19.4. The highest BCUT2D eigenvalue weighted by Gasteiger charge is 2.35. The van der Waals surface area contributed by atoms with Gasteiger partial charge in [0.2, 0.25) is 0 Å². The van der Waals surface area contributed by atoms with Crippen LogP contribution in [0.25, 0.3) is 5.69 Å². The molecule has 0 saturated carbocycles. The molecule has 2 aromatic heterocycles. The maximum atomic E-state index is 13.3. The Morgan fingerprint density at radius 2 is 1.80 bits per heavy atom. The Kier molecular flexibility index (Phi) is 6.30. The second-order valence-corrected chi connectivity index (χ2v) is 7.55. The monoisotopic (exact) mass is 424 g/mol. The third kappa shape index (κ3) is 4.56. The lowest BCUT2D eigenvalue weighted by atomic mass is 9.98. The van der Waals surface area contributed by atoms with Crippen molar-refractivity contribution in [3.05, 3.63) is 65.3 Å². The van der Waals surface area contributed by atoms with E-state index in [0.29, 0.717) is 12.1 Å². The van der Waals surface area contributed by atoms with Gasteiger partial charge in [-0.15, -0.1) is 0 Å². The molecule has 0 amide bonds. The van der Waals surface area contributed by atoms with Crippen molar-refractivity contribution < 1.29 is 22.7 Å². The smallest absolute Gasteiger partial charge is 0.396 e. The Morgan fingerprint density at radius 3 is 2.33 bits per heavy atom. The number of aliphatic hydroxyl groups is 1. The maximum absolute atomic E-state index is 13.3. The van der Waals surface area contributed by atoms with Crippen LogP contribution in [0.2, 0.25) is 0 Å². The molecule has 1 atom stereocenters. The minimum Gasteiger partial charge on any atom is -0.396 e. The van der Waals surface area contributed by atoms with Crippen LogP contribution in [-0.2, 0) is 12.6 Å². The fourth-order valence-electron chi connectivity index (χ4n) is 3.69. The highest BCUT2D eigenvalue weighted by Crippen LogP contribution is 2.32. The molecule has 1 N–H and O–H groups in total. The largest absolute Gasteiger partial charge is 0.434 e. The fraction of sp³-hybridized carbons (Fsp3) is 0.429. The summed E-state index contributed by atoms with van der Waals surface area (Å²) in [4.78, 5) is 3.65. The molecule has 0 aliphatic rings. The molecule has 162 valence electrons. The molecule has 3 rings (SSSR count). The quantitative estimate of drug-likeness (QED) is 0.553. The van der Waals surface area contributed by atoms with Gasteiger partial charge in [-0.1, -0.05) is 13.8 Å². The van der Waals surface area contributed by atoms with Crippen LogP contribution in [-0.4, -0.2) is 31.0 Å². The SMILES string of the molecule is Cc1nc(C(F)(F)F)cn1C(CCO)Cc1cnn(-c2ccc(F)cc2)c1C(C)C. The first-order chi connectivity index (χ1) is 14.1. The van der Waals surface area contributed by atoms with Crippen LogP contribution < -0.4 is 0 Å². The van der Waals surface area contributed by atoms with Crippen LogP contribution in [0, 0.1) is 12.7 Å². The molecule has 0 radical (unpaired) electrons. The zero-order valence-corrected chi connectivity index (χ0v) is 17.0. The van der Waals surface area contributed by atoms with E-state index in [1.165, 1.54) is 23.6 Å². The van der Waals surface area contributed by atoms with Crippen molar-refractivity contribution in [3.8, 4) is 5.69 Å². The highest BCUT2D eigenvalue weighted by molar-refractivity contribution is 5.36. The molecule has 2 heterocycles. The topological polar surface area (TPSA) is 55.9 Å². The average molecular weight is 424 g/mol. The maximum Gasteiger partial charge on any atom is 0.434 e. The Bertz CT molecular complexity index is 990. The first-order valence-electron chi connectivity index (χ1n) is 9.68. The molecular formula is C21H24F4N4O. The number of halogens is 4. The summed E-state index contributed by atoms with van der Waals surface area (Å²) in [6, 6.07) is 5.53. The summed E-state index contributed by atoms with van der Waals surface area (Å²) in [6.07, 6.45) is -1.21. The third-order valence-electron chi connectivity index (χ3n) is 5.02. The molecule has 30 heavy (non-hydrogen) atoms. The molecule has 9 heteroatoms. The van der Waals surface area contributed by atoms with E-state index >= 15 is 0 Å². The van der Waals surface area contributed by atoms with E-state index in [2.05, 4.69) is 10.1 Å². The number of rotatable bonds is 7. The van der Waals surface area contributed by atoms with Crippen LogP contribution in [0.1, 0.15) is 55.0 Å². The zero-order chi connectivity index (χ0) is 22.1. The van der Waals surface area contributed by atoms with Crippen LogP contribution in [0.5, 0.6) is 0 Å². The molecule has 0 bridgehead atoms. The van der Waals surface area contributed by atoms with Crippen molar-refractivity contribution in [2.45, 2.75) is 51.7 Å². The van der Waals surface area contributed by atoms with Crippen LogP contribution >= 0.6 is 0 Å². The van der Waals surface area contributed by atoms with Gasteiger partial charge in [0.1, 0.15) is 11.6 Å². The number of hydrogen-bond donors (Lipinski definition) is 1. The van der Waals surface area contributed by atoms with Crippen molar-refractivity contribution in [1.82, 2.24) is 19.3 Å². The van der Waals surface area contributed by atoms with E-state index in [4.69, 9.17) is 0 Å². The summed E-state index contributed by atoms with van der Waals surface area (Å²) in [6.45, 7) is 5.33. The summed E-state index contributed by atoms with van der Waals surface area (Å²) in [5.41, 5.74) is 1.49. The van der Waals surface area contributed by atoms with E-state index in [0.717, 1.165) is 17.5 Å². The van der Waals surface area contributed by atoms with Gasteiger partial charge in [-0.05, 0) is 55.5 Å². The lowest BCUT2D eigenvalue weighted by Gasteiger charge is -2.20. The Hall–Kier alpha value is -2.68. The Morgan fingerprint density at radius 1 is 1.13 bits per heavy atom. The summed E-state index contributed by atoms with van der Waals surface area (Å²) in [7, 11) is 0. The summed E-state index contributed by atoms with van der Waals surface area (Å²) >= 11 is 0. The van der Waals surface area contributed by atoms with Gasteiger partial charge in [-0.25, -0.2) is 14.1 Å². The molecular weight excluding hydrogens is 400 g/mol. The minimum atomic E-state index is -4.53. The molecule has 0 saturated heterocycles. The van der Waals surface area contributed by atoms with Gasteiger partial charge in [0.15, 0.2) is 5.69 Å². The number of aryl methyl sites for hydroxylation is 1. The van der Waals surface area contributed by atoms with E-state index < -0.39 is 17.9 Å². The lowest BCUT2D eigenvalue weighted by Crippen LogP contribution is -2.16. The standard InChI is InChI=1S/C21H24F4N4O/c1-13(2)20-15(11-26-29(20)17-6-4-16(22)5-7-17)10-18(8-9-30)28-12-19(21(23,24)25)27-14(28)3/h4-7,11-13,18,30H,8-10H2,1-3H3. The third-order valence-corrected chi connectivity index (χ3v) is 5.02. The van der Waals surface area contributed by atoms with E-state index in [9.17, 15) is 22.7 Å². The van der Waals surface area contributed by atoms with E-state index in [-0.39, 0.29) is 30.6 Å². The molecule has 0 aliphatic carbocycles. The number of hydrogen-bond acceptors (Lipinski definition) is 3. The van der Waals surface area contributed by atoms with E-state index in [1.54, 1.807) is 23.0 Å². The molecule has 5 nitrogen and oxygen atoms in total. The first-order valence-corrected chi connectivity index (χ1v) is 9.68. The van der Waals surface area contributed by atoms with Gasteiger partial charge in [0.05, 0.1) is 17.6 Å². The molecule has 0 spiro atoms. The molecule has 3 aromatic rings.